The number of nitrogens with one attached hydrogen (secondary N) is 1. The molecule has 0 aromatic heterocycles. The summed E-state index contributed by atoms with van der Waals surface area (Å²) in [6.07, 6.45) is 0. The molecule has 26 heavy (non-hydrogen) atoms. The number of carbonyl (C=O) groups is 1. The average molecular weight is 373 g/mol. The van der Waals surface area contributed by atoms with E-state index in [-0.39, 0.29) is 10.7 Å². The molecule has 2 aromatic carbocycles. The molecule has 1 aliphatic heterocycles. The molecule has 0 aliphatic carbocycles. The summed E-state index contributed by atoms with van der Waals surface area (Å²) < 4.78 is 27.2. The zero-order valence-electron chi connectivity index (χ0n) is 15.2. The smallest absolute Gasteiger partial charge is 0.243 e. The lowest BCUT2D eigenvalue weighted by atomic mass is 10.1. The maximum absolute atomic E-state index is 12.8. The van der Waals surface area contributed by atoms with Gasteiger partial charge in [-0.2, -0.15) is 4.31 Å². The van der Waals surface area contributed by atoms with E-state index in [1.165, 1.54) is 35.1 Å². The molecule has 5 nitrogen and oxygen atoms in total. The third-order valence-electron chi connectivity index (χ3n) is 4.86. The molecule has 0 unspecified atom stereocenters. The van der Waals surface area contributed by atoms with Gasteiger partial charge in [-0.05, 0) is 26.0 Å². The van der Waals surface area contributed by atoms with Crippen LogP contribution in [0.4, 0.5) is 0 Å². The maximum Gasteiger partial charge on any atom is 0.243 e. The second-order valence-corrected chi connectivity index (χ2v) is 8.84. The number of nitrogens with zero attached hydrogens (tertiary/aromatic N) is 1. The number of piperazine rings is 1. The van der Waals surface area contributed by atoms with Crippen LogP contribution in [0.15, 0.2) is 53.4 Å². The molecule has 6 heteroatoms. The van der Waals surface area contributed by atoms with E-state index in [2.05, 4.69) is 31.2 Å². The molecule has 1 N–H and O–H groups in total. The van der Waals surface area contributed by atoms with Crippen LogP contribution < -0.4 is 4.90 Å². The monoisotopic (exact) mass is 373 g/mol. The van der Waals surface area contributed by atoms with Crippen molar-refractivity contribution in [2.24, 2.45) is 0 Å². The molecule has 1 aliphatic rings. The van der Waals surface area contributed by atoms with Gasteiger partial charge in [-0.15, -0.1) is 0 Å². The molecular weight excluding hydrogens is 348 g/mol. The van der Waals surface area contributed by atoms with Crippen LogP contribution in [0.2, 0.25) is 0 Å². The zero-order chi connectivity index (χ0) is 18.7. The van der Waals surface area contributed by atoms with Crippen molar-refractivity contribution in [1.29, 1.82) is 0 Å². The van der Waals surface area contributed by atoms with Crippen LogP contribution in [0.3, 0.4) is 0 Å². The molecule has 0 saturated carbocycles. The fourth-order valence-electron chi connectivity index (χ4n) is 3.34. The number of Topliss-reactive ketones (excluding diaryl/α,β-unsaturated/α-hetero) is 1. The third kappa shape index (κ3) is 4.20. The Morgan fingerprint density at radius 1 is 1.08 bits per heavy atom. The Hall–Kier alpha value is -2.02. The number of quaternary nitrogens is 1. The molecular formula is C20H25N2O3S+. The van der Waals surface area contributed by atoms with E-state index in [0.29, 0.717) is 18.7 Å². The van der Waals surface area contributed by atoms with Gasteiger partial charge < -0.3 is 4.90 Å². The number of sulfonamides is 1. The van der Waals surface area contributed by atoms with E-state index in [0.717, 1.165) is 19.6 Å². The van der Waals surface area contributed by atoms with E-state index in [4.69, 9.17) is 0 Å². The summed E-state index contributed by atoms with van der Waals surface area (Å²) in [5, 5.41) is 0. The highest BCUT2D eigenvalue weighted by Crippen LogP contribution is 2.17. The van der Waals surface area contributed by atoms with Gasteiger partial charge in [0.25, 0.3) is 0 Å². The van der Waals surface area contributed by atoms with Gasteiger partial charge in [-0.1, -0.05) is 42.0 Å². The van der Waals surface area contributed by atoms with E-state index in [9.17, 15) is 13.2 Å². The summed E-state index contributed by atoms with van der Waals surface area (Å²) in [5.41, 5.74) is 3.06. The summed E-state index contributed by atoms with van der Waals surface area (Å²) in [5.74, 6) is -0.0673. The SMILES string of the molecule is CC(=O)c1ccc(S(=O)(=O)N2CC[NH+](Cc3cccc(C)c3)CC2)cc1. The van der Waals surface area contributed by atoms with Gasteiger partial charge in [-0.25, -0.2) is 8.42 Å². The van der Waals surface area contributed by atoms with E-state index >= 15 is 0 Å². The number of benzene rings is 2. The molecule has 0 bridgehead atoms. The molecule has 1 saturated heterocycles. The Morgan fingerprint density at radius 2 is 1.73 bits per heavy atom. The van der Waals surface area contributed by atoms with Crippen LogP contribution in [-0.2, 0) is 16.6 Å². The first-order valence-electron chi connectivity index (χ1n) is 8.86. The van der Waals surface area contributed by atoms with Crippen LogP contribution in [0.25, 0.3) is 0 Å². The standard InChI is InChI=1S/C20H24N2O3S/c1-16-4-3-5-18(14-16)15-21-10-12-22(13-11-21)26(24,25)20-8-6-19(7-9-20)17(2)23/h3-9,14H,10-13,15H2,1-2H3/p+1. The van der Waals surface area contributed by atoms with E-state index < -0.39 is 10.0 Å². The van der Waals surface area contributed by atoms with Crippen molar-refractivity contribution in [2.45, 2.75) is 25.3 Å². The van der Waals surface area contributed by atoms with Gasteiger partial charge >= 0.3 is 0 Å². The molecule has 1 heterocycles. The van der Waals surface area contributed by atoms with Crippen molar-refractivity contribution < 1.29 is 18.1 Å². The number of hydrogen-bond acceptors (Lipinski definition) is 3. The molecule has 0 spiro atoms. The maximum atomic E-state index is 12.8. The Bertz CT molecular complexity index is 884. The van der Waals surface area contributed by atoms with Gasteiger partial charge in [0.1, 0.15) is 6.54 Å². The third-order valence-corrected chi connectivity index (χ3v) is 6.78. The highest BCUT2D eigenvalue weighted by atomic mass is 32.2. The summed E-state index contributed by atoms with van der Waals surface area (Å²) in [6.45, 7) is 7.08. The van der Waals surface area contributed by atoms with Gasteiger partial charge in [0.15, 0.2) is 5.78 Å². The van der Waals surface area contributed by atoms with Crippen LogP contribution in [0.5, 0.6) is 0 Å². The van der Waals surface area contributed by atoms with Gasteiger partial charge in [0.2, 0.25) is 10.0 Å². The molecule has 3 rings (SSSR count). The average Bonchev–Trinajstić information content (AvgIpc) is 2.62. The first-order chi connectivity index (χ1) is 12.4. The summed E-state index contributed by atoms with van der Waals surface area (Å²) in [7, 11) is -3.50. The topological polar surface area (TPSA) is 58.9 Å². The summed E-state index contributed by atoms with van der Waals surface area (Å²) >= 11 is 0. The number of ketones is 1. The van der Waals surface area contributed by atoms with Crippen LogP contribution in [0.1, 0.15) is 28.4 Å². The van der Waals surface area contributed by atoms with E-state index in [1.54, 1.807) is 16.4 Å². The normalized spacial score (nSPS) is 16.5. The minimum absolute atomic E-state index is 0.0673. The number of hydrogen-bond donors (Lipinski definition) is 1. The van der Waals surface area contributed by atoms with Crippen molar-refractivity contribution in [2.75, 3.05) is 26.2 Å². The van der Waals surface area contributed by atoms with Gasteiger partial charge in [-0.3, -0.25) is 4.79 Å². The van der Waals surface area contributed by atoms with Crippen LogP contribution >= 0.6 is 0 Å². The number of aryl methyl sites for hydroxylation is 1. The number of rotatable bonds is 5. The first-order valence-corrected chi connectivity index (χ1v) is 10.3. The minimum Gasteiger partial charge on any atom is -0.329 e. The lowest BCUT2D eigenvalue weighted by molar-refractivity contribution is -0.917. The molecule has 0 amide bonds. The van der Waals surface area contributed by atoms with Crippen LogP contribution in [0, 0.1) is 6.92 Å². The Balaban J connectivity index is 1.64. The summed E-state index contributed by atoms with van der Waals surface area (Å²) in [4.78, 5) is 13.0. The zero-order valence-corrected chi connectivity index (χ0v) is 16.1. The molecule has 2 aromatic rings. The van der Waals surface area contributed by atoms with Gasteiger partial charge in [0, 0.05) is 11.1 Å². The van der Waals surface area contributed by atoms with Gasteiger partial charge in [0.05, 0.1) is 31.1 Å². The predicted molar refractivity (Wildman–Crippen MR) is 101 cm³/mol. The predicted octanol–water partition coefficient (Wildman–Crippen LogP) is 1.29. The lowest BCUT2D eigenvalue weighted by Crippen LogP contribution is -3.13. The van der Waals surface area contributed by atoms with Crippen molar-refractivity contribution >= 4 is 15.8 Å². The highest BCUT2D eigenvalue weighted by molar-refractivity contribution is 7.89. The fourth-order valence-corrected chi connectivity index (χ4v) is 4.78. The van der Waals surface area contributed by atoms with Crippen molar-refractivity contribution in [1.82, 2.24) is 4.31 Å². The van der Waals surface area contributed by atoms with Crippen molar-refractivity contribution in [3.8, 4) is 0 Å². The largest absolute Gasteiger partial charge is 0.329 e. The quantitative estimate of drug-likeness (QED) is 0.804. The minimum atomic E-state index is -3.50. The Morgan fingerprint density at radius 3 is 2.31 bits per heavy atom. The van der Waals surface area contributed by atoms with E-state index in [1.807, 2.05) is 0 Å². The molecule has 1 fully saturated rings. The number of carbonyl (C=O) groups excluding carboxylic acids is 1. The second-order valence-electron chi connectivity index (χ2n) is 6.90. The Labute approximate surface area is 155 Å². The highest BCUT2D eigenvalue weighted by Gasteiger charge is 2.30. The second kappa shape index (κ2) is 7.70. The molecule has 0 atom stereocenters. The lowest BCUT2D eigenvalue weighted by Gasteiger charge is -2.31. The van der Waals surface area contributed by atoms with Crippen molar-refractivity contribution in [3.05, 3.63) is 65.2 Å². The van der Waals surface area contributed by atoms with Crippen LogP contribution in [-0.4, -0.2) is 44.7 Å². The Kier molecular flexibility index (Phi) is 5.55. The molecule has 138 valence electrons. The first kappa shape index (κ1) is 18.8. The van der Waals surface area contributed by atoms with Crippen molar-refractivity contribution in [3.63, 3.8) is 0 Å². The molecule has 0 radical (unpaired) electrons. The summed E-state index contributed by atoms with van der Waals surface area (Å²) in [6, 6.07) is 14.7. The fraction of sp³-hybridized carbons (Fsp3) is 0.350.